The molecule has 23 heavy (non-hydrogen) atoms. The summed E-state index contributed by atoms with van der Waals surface area (Å²) in [6.45, 7) is 4.82. The van der Waals surface area contributed by atoms with Gasteiger partial charge in [-0.3, -0.25) is 15.2 Å². The SMILES string of the molecule is C=[N+](O)c1cccc(C(=O)NO)c1N1CCc2ccccc2C1. The minimum Gasteiger partial charge on any atom is -0.361 e. The summed E-state index contributed by atoms with van der Waals surface area (Å²) < 4.78 is 0.740. The van der Waals surface area contributed by atoms with E-state index in [0.717, 1.165) is 11.2 Å². The highest BCUT2D eigenvalue weighted by Crippen LogP contribution is 2.34. The highest BCUT2D eigenvalue weighted by Gasteiger charge is 2.28. The number of hydroxylamine groups is 1. The Kier molecular flexibility index (Phi) is 3.99. The van der Waals surface area contributed by atoms with Crippen molar-refractivity contribution < 1.29 is 19.9 Å². The lowest BCUT2D eigenvalue weighted by Gasteiger charge is -2.31. The van der Waals surface area contributed by atoms with Gasteiger partial charge < -0.3 is 4.90 Å². The molecule has 0 spiro atoms. The molecule has 0 fully saturated rings. The Morgan fingerprint density at radius 1 is 1.17 bits per heavy atom. The summed E-state index contributed by atoms with van der Waals surface area (Å²) in [4.78, 5) is 14.0. The van der Waals surface area contributed by atoms with E-state index in [1.54, 1.807) is 23.7 Å². The normalized spacial score (nSPS) is 13.3. The molecule has 0 saturated carbocycles. The van der Waals surface area contributed by atoms with Gasteiger partial charge in [0.1, 0.15) is 5.69 Å². The van der Waals surface area contributed by atoms with E-state index in [1.165, 1.54) is 11.1 Å². The number of para-hydroxylation sites is 1. The summed E-state index contributed by atoms with van der Waals surface area (Å²) >= 11 is 0. The van der Waals surface area contributed by atoms with Gasteiger partial charge in [0.05, 0.1) is 5.56 Å². The second kappa shape index (κ2) is 6.10. The van der Waals surface area contributed by atoms with Crippen LogP contribution in [0.5, 0.6) is 0 Å². The van der Waals surface area contributed by atoms with Crippen LogP contribution in [-0.4, -0.2) is 34.3 Å². The van der Waals surface area contributed by atoms with Crippen molar-refractivity contribution in [2.75, 3.05) is 11.4 Å². The molecule has 0 atom stereocenters. The Bertz CT molecular complexity index is 773. The van der Waals surface area contributed by atoms with Gasteiger partial charge in [-0.2, -0.15) is 0 Å². The van der Waals surface area contributed by atoms with Crippen molar-refractivity contribution in [3.05, 3.63) is 59.2 Å². The average molecular weight is 312 g/mol. The number of nitrogens with zero attached hydrogens (tertiary/aromatic N) is 2. The largest absolute Gasteiger partial charge is 0.361 e. The Morgan fingerprint density at radius 2 is 1.91 bits per heavy atom. The van der Waals surface area contributed by atoms with Crippen LogP contribution in [0.15, 0.2) is 42.5 Å². The van der Waals surface area contributed by atoms with E-state index in [9.17, 15) is 10.0 Å². The molecule has 1 aliphatic rings. The smallest absolute Gasteiger partial charge is 0.280 e. The molecule has 1 amide bonds. The van der Waals surface area contributed by atoms with Gasteiger partial charge in [0.2, 0.25) is 0 Å². The van der Waals surface area contributed by atoms with Gasteiger partial charge >= 0.3 is 0 Å². The van der Waals surface area contributed by atoms with Crippen LogP contribution in [0.4, 0.5) is 11.4 Å². The third-order valence-corrected chi connectivity index (χ3v) is 4.09. The maximum atomic E-state index is 12.0. The third-order valence-electron chi connectivity index (χ3n) is 4.09. The molecule has 2 aromatic carbocycles. The molecule has 118 valence electrons. The maximum absolute atomic E-state index is 12.0. The highest BCUT2D eigenvalue weighted by atomic mass is 16.5. The quantitative estimate of drug-likeness (QED) is 0.267. The number of hydrogen-bond donors (Lipinski definition) is 3. The van der Waals surface area contributed by atoms with Crippen molar-refractivity contribution in [2.45, 2.75) is 13.0 Å². The molecule has 1 heterocycles. The van der Waals surface area contributed by atoms with Crippen molar-refractivity contribution in [3.63, 3.8) is 0 Å². The van der Waals surface area contributed by atoms with Crippen LogP contribution in [0.25, 0.3) is 0 Å². The number of hydrogen-bond acceptors (Lipinski definition) is 4. The van der Waals surface area contributed by atoms with Crippen LogP contribution in [0.1, 0.15) is 21.5 Å². The first kappa shape index (κ1) is 15.1. The van der Waals surface area contributed by atoms with E-state index in [1.807, 2.05) is 17.0 Å². The van der Waals surface area contributed by atoms with Gasteiger partial charge in [0, 0.05) is 23.9 Å². The lowest BCUT2D eigenvalue weighted by atomic mass is 9.98. The number of carbonyl (C=O) groups excluding carboxylic acids is 1. The Labute approximate surface area is 133 Å². The topological polar surface area (TPSA) is 75.8 Å². The van der Waals surface area contributed by atoms with Crippen LogP contribution in [0, 0.1) is 0 Å². The van der Waals surface area contributed by atoms with Crippen molar-refractivity contribution in [1.82, 2.24) is 5.48 Å². The first-order valence-corrected chi connectivity index (χ1v) is 7.30. The molecule has 0 unspecified atom stereocenters. The number of benzene rings is 2. The number of amides is 1. The fraction of sp³-hybridized carbons (Fsp3) is 0.176. The standard InChI is InChI=1S/C17H17N3O3/c1-19(23)15-8-4-7-14(17(21)18-22)16(15)20-10-9-12-5-2-3-6-13(12)11-20/h2-8H,1,9-11H2,(H2-,18,21,22,23)/p+1. The predicted octanol–water partition coefficient (Wildman–Crippen LogP) is 2.10. The minimum atomic E-state index is -0.623. The number of fused-ring (bicyclic) bond motifs is 1. The van der Waals surface area contributed by atoms with Crippen LogP contribution in [0.3, 0.4) is 0 Å². The molecule has 6 heteroatoms. The Hall–Kier alpha value is -2.86. The monoisotopic (exact) mass is 312 g/mol. The third kappa shape index (κ3) is 2.76. The second-order valence-corrected chi connectivity index (χ2v) is 5.45. The highest BCUT2D eigenvalue weighted by molar-refractivity contribution is 6.01. The predicted molar refractivity (Wildman–Crippen MR) is 85.7 cm³/mol. The van der Waals surface area contributed by atoms with Gasteiger partial charge in [0.25, 0.3) is 11.6 Å². The van der Waals surface area contributed by atoms with Gasteiger partial charge in [-0.1, -0.05) is 30.3 Å². The van der Waals surface area contributed by atoms with Crippen LogP contribution in [-0.2, 0) is 13.0 Å². The van der Waals surface area contributed by atoms with Crippen LogP contribution in [0.2, 0.25) is 0 Å². The van der Waals surface area contributed by atoms with Crippen molar-refractivity contribution in [1.29, 1.82) is 0 Å². The molecule has 0 saturated heterocycles. The first-order chi connectivity index (χ1) is 11.1. The zero-order chi connectivity index (χ0) is 16.4. The summed E-state index contributed by atoms with van der Waals surface area (Å²) in [5, 5.41) is 18.8. The van der Waals surface area contributed by atoms with Crippen molar-refractivity contribution >= 4 is 24.0 Å². The van der Waals surface area contributed by atoms with E-state index >= 15 is 0 Å². The van der Waals surface area contributed by atoms with E-state index in [4.69, 9.17) is 5.21 Å². The summed E-state index contributed by atoms with van der Waals surface area (Å²) in [5.41, 5.74) is 5.36. The molecule has 0 aliphatic carbocycles. The average Bonchev–Trinajstić information content (AvgIpc) is 2.59. The fourth-order valence-corrected chi connectivity index (χ4v) is 3.00. The summed E-state index contributed by atoms with van der Waals surface area (Å²) in [5.74, 6) is -0.623. The molecular formula is C17H18N3O3+. The zero-order valence-electron chi connectivity index (χ0n) is 12.6. The van der Waals surface area contributed by atoms with Crippen molar-refractivity contribution in [2.24, 2.45) is 0 Å². The summed E-state index contributed by atoms with van der Waals surface area (Å²) in [7, 11) is 0. The Morgan fingerprint density at radius 3 is 2.61 bits per heavy atom. The molecule has 1 aliphatic heterocycles. The zero-order valence-corrected chi connectivity index (χ0v) is 12.6. The molecular weight excluding hydrogens is 294 g/mol. The summed E-state index contributed by atoms with van der Waals surface area (Å²) in [6, 6.07) is 13.1. The first-order valence-electron chi connectivity index (χ1n) is 7.30. The lowest BCUT2D eigenvalue weighted by Crippen LogP contribution is -2.33. The van der Waals surface area contributed by atoms with Crippen LogP contribution >= 0.6 is 0 Å². The van der Waals surface area contributed by atoms with E-state index in [2.05, 4.69) is 18.9 Å². The molecule has 3 rings (SSSR count). The number of anilines is 1. The molecule has 0 bridgehead atoms. The van der Waals surface area contributed by atoms with Crippen LogP contribution < -0.4 is 10.4 Å². The molecule has 2 aromatic rings. The van der Waals surface area contributed by atoms with Crippen molar-refractivity contribution in [3.8, 4) is 0 Å². The fourth-order valence-electron chi connectivity index (χ4n) is 3.00. The van der Waals surface area contributed by atoms with Gasteiger partial charge in [0.15, 0.2) is 6.72 Å². The van der Waals surface area contributed by atoms with E-state index in [0.29, 0.717) is 24.5 Å². The maximum Gasteiger partial charge on any atom is 0.280 e. The molecule has 6 nitrogen and oxygen atoms in total. The van der Waals surface area contributed by atoms with Gasteiger partial charge in [-0.05, 0) is 23.6 Å². The van der Waals surface area contributed by atoms with E-state index < -0.39 is 5.91 Å². The number of nitrogens with one attached hydrogen (secondary N) is 1. The minimum absolute atomic E-state index is 0.284. The molecule has 0 radical (unpaired) electrons. The van der Waals surface area contributed by atoms with Gasteiger partial charge in [-0.15, -0.1) is 0 Å². The number of carbonyl (C=O) groups is 1. The Balaban J connectivity index is 2.08. The second-order valence-electron chi connectivity index (χ2n) is 5.45. The van der Waals surface area contributed by atoms with E-state index in [-0.39, 0.29) is 5.56 Å². The lowest BCUT2D eigenvalue weighted by molar-refractivity contribution is -0.706. The molecule has 3 N–H and O–H groups in total. The number of rotatable bonds is 3. The molecule has 0 aromatic heterocycles. The summed E-state index contributed by atoms with van der Waals surface area (Å²) in [6.07, 6.45) is 0.841. The van der Waals surface area contributed by atoms with Gasteiger partial charge in [-0.25, -0.2) is 5.48 Å².